The minimum absolute atomic E-state index is 0.0290. The number of nitrogens with one attached hydrogen (secondary N) is 1. The summed E-state index contributed by atoms with van der Waals surface area (Å²) < 4.78 is 0. The number of nitrogens with zero attached hydrogens (tertiary/aromatic N) is 1. The van der Waals surface area contributed by atoms with Crippen LogP contribution in [0.15, 0.2) is 28.6 Å². The predicted octanol–water partition coefficient (Wildman–Crippen LogP) is 1.36. The zero-order chi connectivity index (χ0) is 10.4. The summed E-state index contributed by atoms with van der Waals surface area (Å²) in [5.74, 6) is -0.0290. The summed E-state index contributed by atoms with van der Waals surface area (Å²) in [6.07, 6.45) is 7.21. The van der Waals surface area contributed by atoms with Crippen molar-refractivity contribution in [2.45, 2.75) is 19.8 Å². The number of carbonyl (C=O) groups excluding carboxylic acids is 1. The van der Waals surface area contributed by atoms with Crippen molar-refractivity contribution >= 4 is 12.1 Å². The SMILES string of the molecule is CO/N=C/C1=CC=C(NC(C)=O)CC1. The molecule has 0 atom stereocenters. The van der Waals surface area contributed by atoms with E-state index >= 15 is 0 Å². The van der Waals surface area contributed by atoms with Crippen molar-refractivity contribution in [1.29, 1.82) is 0 Å². The van der Waals surface area contributed by atoms with E-state index in [2.05, 4.69) is 15.3 Å². The molecule has 1 aliphatic carbocycles. The Labute approximate surface area is 83.3 Å². The predicted molar refractivity (Wildman–Crippen MR) is 54.7 cm³/mol. The first-order valence-corrected chi connectivity index (χ1v) is 4.46. The largest absolute Gasteiger partial charge is 0.399 e. The van der Waals surface area contributed by atoms with Crippen LogP contribution in [0.2, 0.25) is 0 Å². The molecule has 0 aromatic carbocycles. The van der Waals surface area contributed by atoms with Crippen LogP contribution in [-0.4, -0.2) is 19.2 Å². The number of hydrogen-bond acceptors (Lipinski definition) is 3. The normalized spacial score (nSPS) is 16.1. The van der Waals surface area contributed by atoms with E-state index in [1.807, 2.05) is 12.2 Å². The van der Waals surface area contributed by atoms with E-state index in [4.69, 9.17) is 0 Å². The standard InChI is InChI=1S/C10H14N2O2/c1-8(13)12-10-5-3-9(4-6-10)7-11-14-2/h3,5,7H,4,6H2,1-2H3,(H,12,13)/b11-7+. The maximum absolute atomic E-state index is 10.7. The van der Waals surface area contributed by atoms with Crippen LogP contribution in [0.3, 0.4) is 0 Å². The van der Waals surface area contributed by atoms with Crippen LogP contribution in [0.5, 0.6) is 0 Å². The highest BCUT2D eigenvalue weighted by Crippen LogP contribution is 2.14. The molecule has 0 saturated carbocycles. The van der Waals surface area contributed by atoms with Crippen LogP contribution in [0.1, 0.15) is 19.8 Å². The van der Waals surface area contributed by atoms with E-state index < -0.39 is 0 Å². The highest BCUT2D eigenvalue weighted by molar-refractivity contribution is 5.80. The fourth-order valence-corrected chi connectivity index (χ4v) is 1.21. The van der Waals surface area contributed by atoms with Gasteiger partial charge in [-0.15, -0.1) is 0 Å². The van der Waals surface area contributed by atoms with Crippen molar-refractivity contribution in [2.24, 2.45) is 5.16 Å². The fourth-order valence-electron chi connectivity index (χ4n) is 1.21. The summed E-state index contributed by atoms with van der Waals surface area (Å²) in [5.41, 5.74) is 2.05. The van der Waals surface area contributed by atoms with Gasteiger partial charge in [-0.1, -0.05) is 11.2 Å². The summed E-state index contributed by atoms with van der Waals surface area (Å²) in [4.78, 5) is 15.3. The van der Waals surface area contributed by atoms with Crippen LogP contribution in [0.4, 0.5) is 0 Å². The maximum Gasteiger partial charge on any atom is 0.220 e. The number of amides is 1. The third-order valence-corrected chi connectivity index (χ3v) is 1.84. The van der Waals surface area contributed by atoms with Crippen LogP contribution >= 0.6 is 0 Å². The molecule has 0 fully saturated rings. The molecule has 1 N–H and O–H groups in total. The van der Waals surface area contributed by atoms with Crippen molar-refractivity contribution in [1.82, 2.24) is 5.32 Å². The van der Waals surface area contributed by atoms with Crippen molar-refractivity contribution in [3.63, 3.8) is 0 Å². The van der Waals surface area contributed by atoms with Gasteiger partial charge in [-0.2, -0.15) is 0 Å². The first kappa shape index (κ1) is 10.5. The Bertz CT molecular complexity index is 303. The molecule has 0 unspecified atom stereocenters. The quantitative estimate of drug-likeness (QED) is 0.544. The van der Waals surface area contributed by atoms with E-state index in [0.717, 1.165) is 24.1 Å². The van der Waals surface area contributed by atoms with Crippen LogP contribution in [0.25, 0.3) is 0 Å². The lowest BCUT2D eigenvalue weighted by Crippen LogP contribution is -2.20. The molecule has 1 amide bonds. The monoisotopic (exact) mass is 194 g/mol. The second kappa shape index (κ2) is 5.21. The zero-order valence-electron chi connectivity index (χ0n) is 8.41. The Hall–Kier alpha value is -1.58. The highest BCUT2D eigenvalue weighted by Gasteiger charge is 2.05. The molecule has 4 nitrogen and oxygen atoms in total. The van der Waals surface area contributed by atoms with E-state index in [9.17, 15) is 4.79 Å². The molecule has 0 spiro atoms. The molecule has 76 valence electrons. The van der Waals surface area contributed by atoms with Crippen molar-refractivity contribution in [3.8, 4) is 0 Å². The lowest BCUT2D eigenvalue weighted by molar-refractivity contribution is -0.118. The number of carbonyl (C=O) groups is 1. The van der Waals surface area contributed by atoms with Crippen LogP contribution in [0, 0.1) is 0 Å². The minimum Gasteiger partial charge on any atom is -0.399 e. The number of allylic oxidation sites excluding steroid dienone is 4. The number of oxime groups is 1. The van der Waals surface area contributed by atoms with Gasteiger partial charge in [-0.05, 0) is 24.5 Å². The average molecular weight is 194 g/mol. The van der Waals surface area contributed by atoms with Gasteiger partial charge in [0, 0.05) is 12.6 Å². The molecule has 0 radical (unpaired) electrons. The second-order valence-electron chi connectivity index (χ2n) is 3.03. The molecule has 0 aromatic heterocycles. The molecule has 0 saturated heterocycles. The van der Waals surface area contributed by atoms with Crippen LogP contribution in [-0.2, 0) is 9.63 Å². The summed E-state index contributed by atoms with van der Waals surface area (Å²) in [7, 11) is 1.51. The van der Waals surface area contributed by atoms with Crippen molar-refractivity contribution in [3.05, 3.63) is 23.4 Å². The molecule has 0 heterocycles. The molecule has 4 heteroatoms. The summed E-state index contributed by atoms with van der Waals surface area (Å²) in [6.45, 7) is 1.51. The first-order chi connectivity index (χ1) is 6.72. The van der Waals surface area contributed by atoms with Gasteiger partial charge in [-0.3, -0.25) is 4.79 Å². The Morgan fingerprint density at radius 2 is 2.36 bits per heavy atom. The smallest absolute Gasteiger partial charge is 0.220 e. The molecular formula is C10H14N2O2. The molecule has 0 bridgehead atoms. The highest BCUT2D eigenvalue weighted by atomic mass is 16.6. The van der Waals surface area contributed by atoms with Gasteiger partial charge in [0.2, 0.25) is 5.91 Å². The summed E-state index contributed by atoms with van der Waals surface area (Å²) >= 11 is 0. The molecule has 0 aliphatic heterocycles. The zero-order valence-corrected chi connectivity index (χ0v) is 8.41. The number of rotatable bonds is 3. The maximum atomic E-state index is 10.7. The van der Waals surface area contributed by atoms with Gasteiger partial charge in [0.05, 0.1) is 6.21 Å². The van der Waals surface area contributed by atoms with Gasteiger partial charge in [0.15, 0.2) is 0 Å². The second-order valence-corrected chi connectivity index (χ2v) is 3.03. The van der Waals surface area contributed by atoms with E-state index in [1.54, 1.807) is 6.21 Å². The minimum atomic E-state index is -0.0290. The van der Waals surface area contributed by atoms with Crippen molar-refractivity contribution < 1.29 is 9.63 Å². The van der Waals surface area contributed by atoms with E-state index in [-0.39, 0.29) is 5.91 Å². The van der Waals surface area contributed by atoms with Gasteiger partial charge in [0.25, 0.3) is 0 Å². The fraction of sp³-hybridized carbons (Fsp3) is 0.400. The Morgan fingerprint density at radius 3 is 2.86 bits per heavy atom. The third kappa shape index (κ3) is 3.43. The first-order valence-electron chi connectivity index (χ1n) is 4.46. The molecule has 1 aliphatic rings. The lowest BCUT2D eigenvalue weighted by atomic mass is 10.0. The lowest BCUT2D eigenvalue weighted by Gasteiger charge is -2.11. The van der Waals surface area contributed by atoms with Gasteiger partial charge >= 0.3 is 0 Å². The summed E-state index contributed by atoms with van der Waals surface area (Å²) in [5, 5.41) is 6.43. The van der Waals surface area contributed by atoms with E-state index in [0.29, 0.717) is 0 Å². The Balaban J connectivity index is 2.55. The molecular weight excluding hydrogens is 180 g/mol. The van der Waals surface area contributed by atoms with Crippen LogP contribution < -0.4 is 5.32 Å². The molecule has 0 aromatic rings. The average Bonchev–Trinajstić information content (AvgIpc) is 2.16. The Morgan fingerprint density at radius 1 is 1.57 bits per heavy atom. The topological polar surface area (TPSA) is 50.7 Å². The summed E-state index contributed by atoms with van der Waals surface area (Å²) in [6, 6.07) is 0. The molecule has 14 heavy (non-hydrogen) atoms. The molecule has 1 rings (SSSR count). The number of hydrogen-bond donors (Lipinski definition) is 1. The third-order valence-electron chi connectivity index (χ3n) is 1.84. The van der Waals surface area contributed by atoms with Gasteiger partial charge < -0.3 is 10.2 Å². The van der Waals surface area contributed by atoms with Crippen molar-refractivity contribution in [2.75, 3.05) is 7.11 Å². The van der Waals surface area contributed by atoms with Gasteiger partial charge in [-0.25, -0.2) is 0 Å². The Kier molecular flexibility index (Phi) is 3.91. The van der Waals surface area contributed by atoms with E-state index in [1.165, 1.54) is 14.0 Å². The van der Waals surface area contributed by atoms with Gasteiger partial charge in [0.1, 0.15) is 7.11 Å².